The topological polar surface area (TPSA) is 81.1 Å². The first-order chi connectivity index (χ1) is 19.4. The maximum atomic E-state index is 15.1. The third kappa shape index (κ3) is 8.55. The molecule has 1 N–H and O–H groups in total. The van der Waals surface area contributed by atoms with Crippen molar-refractivity contribution in [1.29, 1.82) is 0 Å². The highest BCUT2D eigenvalue weighted by Crippen LogP contribution is 2.37. The van der Waals surface area contributed by atoms with E-state index in [2.05, 4.69) is 37.6 Å². The monoisotopic (exact) mass is 584 g/mol. The van der Waals surface area contributed by atoms with Gasteiger partial charge in [0.05, 0.1) is 25.0 Å². The summed E-state index contributed by atoms with van der Waals surface area (Å²) in [7, 11) is 0.729. The second-order valence-electron chi connectivity index (χ2n) is 10.6. The second kappa shape index (κ2) is 14.8. The number of rotatable bonds is 13. The van der Waals surface area contributed by atoms with Crippen molar-refractivity contribution in [3.63, 3.8) is 0 Å². The van der Waals surface area contributed by atoms with Crippen LogP contribution in [0, 0.1) is 12.7 Å². The molecule has 0 fully saturated rings. The number of benzene rings is 2. The van der Waals surface area contributed by atoms with Gasteiger partial charge in [-0.3, -0.25) is 4.90 Å². The Balaban J connectivity index is 2.00. The fourth-order valence-corrected chi connectivity index (χ4v) is 6.06. The van der Waals surface area contributed by atoms with Gasteiger partial charge in [-0.25, -0.2) is 14.2 Å². The lowest BCUT2D eigenvalue weighted by Gasteiger charge is -2.31. The van der Waals surface area contributed by atoms with Gasteiger partial charge >= 0.3 is 5.97 Å². The first-order valence-electron chi connectivity index (χ1n) is 13.9. The van der Waals surface area contributed by atoms with Crippen LogP contribution in [0.3, 0.4) is 0 Å². The van der Waals surface area contributed by atoms with E-state index < -0.39 is 26.0 Å². The molecule has 9 heteroatoms. The number of pyridine rings is 1. The molecule has 0 radical (unpaired) electrons. The third-order valence-corrected chi connectivity index (χ3v) is 8.47. The number of hydrogen-bond acceptors (Lipinski definition) is 7. The van der Waals surface area contributed by atoms with Crippen molar-refractivity contribution in [2.45, 2.75) is 66.3 Å². The highest BCUT2D eigenvalue weighted by Gasteiger charge is 2.23. The number of aliphatic hydroxyl groups excluding tert-OH is 1. The number of carbonyl (C=O) groups excluding carboxylic acids is 1. The van der Waals surface area contributed by atoms with Gasteiger partial charge in [-0.15, -0.1) is 0 Å². The smallest absolute Gasteiger partial charge is 0.343 e. The van der Waals surface area contributed by atoms with Gasteiger partial charge in [0, 0.05) is 51.2 Å². The largest absolute Gasteiger partial charge is 0.481 e. The van der Waals surface area contributed by atoms with Crippen LogP contribution in [0.25, 0.3) is 11.1 Å². The summed E-state index contributed by atoms with van der Waals surface area (Å²) < 4.78 is 31.7. The van der Waals surface area contributed by atoms with Crippen LogP contribution < -0.4 is 9.47 Å². The second-order valence-corrected chi connectivity index (χ2v) is 12.5. The van der Waals surface area contributed by atoms with Crippen LogP contribution in [0.4, 0.5) is 4.39 Å². The molecule has 0 aliphatic rings. The Morgan fingerprint density at radius 1 is 1.10 bits per heavy atom. The molecule has 2 atom stereocenters. The van der Waals surface area contributed by atoms with Gasteiger partial charge in [-0.2, -0.15) is 0 Å². The van der Waals surface area contributed by atoms with Crippen molar-refractivity contribution < 1.29 is 28.3 Å². The minimum atomic E-state index is -0.760. The maximum Gasteiger partial charge on any atom is 0.343 e. The van der Waals surface area contributed by atoms with Gasteiger partial charge in [-0.1, -0.05) is 18.2 Å². The Hall–Kier alpha value is -2.90. The number of aromatic nitrogens is 1. The number of esters is 1. The molecule has 0 aliphatic carbocycles. The number of aliphatic hydroxyl groups is 1. The van der Waals surface area contributed by atoms with Crippen LogP contribution >= 0.6 is 8.15 Å². The molecule has 41 heavy (non-hydrogen) atoms. The quantitative estimate of drug-likeness (QED) is 0.130. The first kappa shape index (κ1) is 32.6. The fraction of sp³-hybridized carbons (Fsp3) is 0.438. The molecule has 2 aromatic carbocycles. The van der Waals surface area contributed by atoms with Crippen molar-refractivity contribution in [3.05, 3.63) is 76.7 Å². The highest BCUT2D eigenvalue weighted by molar-refractivity contribution is 7.51. The van der Waals surface area contributed by atoms with Gasteiger partial charge in [0.2, 0.25) is 5.88 Å². The molecule has 0 aliphatic heterocycles. The lowest BCUT2D eigenvalue weighted by molar-refractivity contribution is 0.0733. The first-order valence-corrected chi connectivity index (χ1v) is 15.8. The Bertz CT molecular complexity index is 1330. The molecule has 1 aromatic heterocycles. The molecule has 0 spiro atoms. The van der Waals surface area contributed by atoms with E-state index in [0.29, 0.717) is 58.8 Å². The lowest BCUT2D eigenvalue weighted by Crippen LogP contribution is -2.36. The van der Waals surface area contributed by atoms with Gasteiger partial charge in [0.15, 0.2) is 0 Å². The lowest BCUT2D eigenvalue weighted by atomic mass is 9.93. The molecule has 0 bridgehead atoms. The zero-order chi connectivity index (χ0) is 30.3. The van der Waals surface area contributed by atoms with Gasteiger partial charge in [0.25, 0.3) is 0 Å². The van der Waals surface area contributed by atoms with Crippen LogP contribution in [0.1, 0.15) is 67.8 Å². The number of hydrogen-bond donors (Lipinski definition) is 1. The molecule has 222 valence electrons. The number of ether oxygens (including phenoxy) is 2. The van der Waals surface area contributed by atoms with Gasteiger partial charge in [-0.05, 0) is 88.7 Å². The summed E-state index contributed by atoms with van der Waals surface area (Å²) in [5, 5.41) is 10.7. The Morgan fingerprint density at radius 2 is 1.80 bits per heavy atom. The normalized spacial score (nSPS) is 13.1. The van der Waals surface area contributed by atoms with Crippen molar-refractivity contribution >= 4 is 14.1 Å². The Labute approximate surface area is 244 Å². The predicted molar refractivity (Wildman–Crippen MR) is 162 cm³/mol. The van der Waals surface area contributed by atoms with Crippen LogP contribution in [-0.2, 0) is 11.1 Å². The van der Waals surface area contributed by atoms with Crippen molar-refractivity contribution in [1.82, 2.24) is 9.88 Å². The van der Waals surface area contributed by atoms with Crippen molar-refractivity contribution in [2.75, 3.05) is 26.5 Å². The molecule has 7 nitrogen and oxygen atoms in total. The molecular weight excluding hydrogens is 542 g/mol. The summed E-state index contributed by atoms with van der Waals surface area (Å²) in [6, 6.07) is 12.6. The minimum absolute atomic E-state index is 0.220. The number of methoxy groups -OCH3 is 1. The molecule has 1 heterocycles. The summed E-state index contributed by atoms with van der Waals surface area (Å²) in [5.41, 5.74) is 3.49. The highest BCUT2D eigenvalue weighted by atomic mass is 31.1. The minimum Gasteiger partial charge on any atom is -0.481 e. The summed E-state index contributed by atoms with van der Waals surface area (Å²) in [6.07, 6.45) is 0.910. The van der Waals surface area contributed by atoms with E-state index in [1.807, 2.05) is 19.7 Å². The molecule has 1 unspecified atom stereocenters. The zero-order valence-electron chi connectivity index (χ0n) is 25.3. The number of halogens is 1. The fourth-order valence-electron chi connectivity index (χ4n) is 4.82. The van der Waals surface area contributed by atoms with E-state index in [4.69, 9.17) is 14.0 Å². The van der Waals surface area contributed by atoms with Crippen LogP contribution in [0.15, 0.2) is 48.7 Å². The summed E-state index contributed by atoms with van der Waals surface area (Å²) in [6.45, 7) is 15.2. The van der Waals surface area contributed by atoms with E-state index in [1.165, 1.54) is 7.11 Å². The number of aryl methyl sites for hydroxylation is 1. The van der Waals surface area contributed by atoms with E-state index in [1.54, 1.807) is 43.3 Å². The number of nitrogens with zero attached hydrogens (tertiary/aromatic N) is 2. The zero-order valence-corrected chi connectivity index (χ0v) is 26.2. The van der Waals surface area contributed by atoms with Gasteiger partial charge in [0.1, 0.15) is 11.6 Å². The summed E-state index contributed by atoms with van der Waals surface area (Å²) in [5.74, 6) is -0.360. The standard InChI is InChI=1S/C32H42FN2O5P/c1-9-39-41(8)19-30(36)23-11-10-12-25(14-23)40-32(37)26-15-24(18-35(20(2)3)21(4)5)27(13-22(26)6)28-16-31(38-7)34-17-29(28)33/h10-17,20-21,30,36H,9,18-19H2,1-8H3/t30-,41?/m1/s1. The SMILES string of the molecule is CCOP(C)C[C@@H](O)c1cccc(OC(=O)c2cc(CN(C(C)C)C(C)C)c(-c3cc(OC)ncc3F)cc2C)c1. The summed E-state index contributed by atoms with van der Waals surface area (Å²) >= 11 is 0. The van der Waals surface area contributed by atoms with E-state index in [0.717, 1.165) is 11.8 Å². The number of carbonyl (C=O) groups is 1. The van der Waals surface area contributed by atoms with Crippen LogP contribution in [0.2, 0.25) is 0 Å². The molecule has 0 saturated heterocycles. The third-order valence-electron chi connectivity index (χ3n) is 6.91. The average molecular weight is 585 g/mol. The molecule has 0 saturated carbocycles. The van der Waals surface area contributed by atoms with Crippen LogP contribution in [0.5, 0.6) is 11.6 Å². The van der Waals surface area contributed by atoms with E-state index >= 15 is 4.39 Å². The Morgan fingerprint density at radius 3 is 2.44 bits per heavy atom. The maximum absolute atomic E-state index is 15.1. The van der Waals surface area contributed by atoms with Crippen molar-refractivity contribution in [2.24, 2.45) is 0 Å². The molecule has 0 amide bonds. The predicted octanol–water partition coefficient (Wildman–Crippen LogP) is 7.14. The van der Waals surface area contributed by atoms with E-state index in [9.17, 15) is 9.90 Å². The molecule has 3 aromatic rings. The average Bonchev–Trinajstić information content (AvgIpc) is 2.92. The van der Waals surface area contributed by atoms with Gasteiger partial charge < -0.3 is 19.1 Å². The Kier molecular flexibility index (Phi) is 11.8. The molecule has 3 rings (SSSR count). The molecular formula is C32H42FN2O5P. The van der Waals surface area contributed by atoms with Crippen LogP contribution in [-0.4, -0.2) is 59.6 Å². The van der Waals surface area contributed by atoms with E-state index in [-0.39, 0.29) is 12.1 Å². The summed E-state index contributed by atoms with van der Waals surface area (Å²) in [4.78, 5) is 19.7. The van der Waals surface area contributed by atoms with Crippen molar-refractivity contribution in [3.8, 4) is 22.8 Å².